The molecular formula is C11H11N3O3S3. The van der Waals surface area contributed by atoms with Gasteiger partial charge < -0.3 is 10.1 Å². The minimum Gasteiger partial charge on any atom is -0.465 e. The van der Waals surface area contributed by atoms with Crippen LogP contribution in [0.5, 0.6) is 0 Å². The van der Waals surface area contributed by atoms with Gasteiger partial charge in [-0.3, -0.25) is 4.79 Å². The molecule has 1 N–H and O–H groups in total. The van der Waals surface area contributed by atoms with Crippen LogP contribution in [-0.4, -0.2) is 34.9 Å². The molecule has 0 unspecified atom stereocenters. The zero-order valence-corrected chi connectivity index (χ0v) is 13.2. The number of nitrogens with one attached hydrogen (secondary N) is 1. The number of anilines is 1. The summed E-state index contributed by atoms with van der Waals surface area (Å²) >= 11 is 3.98. The Labute approximate surface area is 127 Å². The molecule has 0 aliphatic carbocycles. The minimum atomic E-state index is -0.456. The van der Waals surface area contributed by atoms with Gasteiger partial charge in [0.1, 0.15) is 9.88 Å². The Balaban J connectivity index is 1.91. The Morgan fingerprint density at radius 2 is 2.25 bits per heavy atom. The maximum atomic E-state index is 11.8. The van der Waals surface area contributed by atoms with Crippen molar-refractivity contribution in [1.29, 1.82) is 0 Å². The molecule has 0 aromatic carbocycles. The van der Waals surface area contributed by atoms with Crippen LogP contribution in [0.25, 0.3) is 0 Å². The molecule has 9 heteroatoms. The van der Waals surface area contributed by atoms with Crippen molar-refractivity contribution < 1.29 is 14.3 Å². The summed E-state index contributed by atoms with van der Waals surface area (Å²) in [5.74, 6) is -0.445. The second-order valence-electron chi connectivity index (χ2n) is 3.58. The largest absolute Gasteiger partial charge is 0.465 e. The number of methoxy groups -OCH3 is 1. The van der Waals surface area contributed by atoms with Gasteiger partial charge in [-0.15, -0.1) is 21.5 Å². The number of amides is 1. The van der Waals surface area contributed by atoms with Crippen LogP contribution in [0.1, 0.15) is 14.7 Å². The number of rotatable bonds is 5. The zero-order chi connectivity index (χ0) is 14.5. The van der Waals surface area contributed by atoms with Crippen molar-refractivity contribution in [3.05, 3.63) is 21.3 Å². The van der Waals surface area contributed by atoms with Crippen molar-refractivity contribution in [2.45, 2.75) is 11.3 Å². The predicted molar refractivity (Wildman–Crippen MR) is 79.7 cm³/mol. The van der Waals surface area contributed by atoms with E-state index in [4.69, 9.17) is 0 Å². The van der Waals surface area contributed by atoms with E-state index < -0.39 is 5.97 Å². The maximum absolute atomic E-state index is 11.8. The SMILES string of the molecule is COC(=O)c1sccc1NC(=O)CSc1nnc(C)s1. The van der Waals surface area contributed by atoms with Crippen LogP contribution in [-0.2, 0) is 9.53 Å². The lowest BCUT2D eigenvalue weighted by molar-refractivity contribution is -0.113. The number of carbonyl (C=O) groups is 2. The Morgan fingerprint density at radius 1 is 1.45 bits per heavy atom. The molecule has 20 heavy (non-hydrogen) atoms. The maximum Gasteiger partial charge on any atom is 0.350 e. The van der Waals surface area contributed by atoms with Crippen molar-refractivity contribution in [1.82, 2.24) is 10.2 Å². The topological polar surface area (TPSA) is 81.2 Å². The van der Waals surface area contributed by atoms with Crippen LogP contribution >= 0.6 is 34.4 Å². The van der Waals surface area contributed by atoms with E-state index in [0.29, 0.717) is 10.6 Å². The third-order valence-corrected chi connectivity index (χ3v) is 5.01. The summed E-state index contributed by atoms with van der Waals surface area (Å²) in [7, 11) is 1.31. The van der Waals surface area contributed by atoms with E-state index in [0.717, 1.165) is 9.35 Å². The highest BCUT2D eigenvalue weighted by Gasteiger charge is 2.15. The molecule has 1 amide bonds. The average molecular weight is 329 g/mol. The molecule has 0 atom stereocenters. The number of hydrogen-bond acceptors (Lipinski definition) is 8. The number of carbonyl (C=O) groups excluding carboxylic acids is 2. The number of thioether (sulfide) groups is 1. The number of hydrogen-bond donors (Lipinski definition) is 1. The van der Waals surface area contributed by atoms with E-state index in [1.54, 1.807) is 11.4 Å². The molecule has 0 spiro atoms. The lowest BCUT2D eigenvalue weighted by Crippen LogP contribution is -2.15. The first-order chi connectivity index (χ1) is 9.60. The van der Waals surface area contributed by atoms with Gasteiger partial charge >= 0.3 is 5.97 Å². The van der Waals surface area contributed by atoms with Gasteiger partial charge in [0, 0.05) is 0 Å². The highest BCUT2D eigenvalue weighted by atomic mass is 32.2. The fraction of sp³-hybridized carbons (Fsp3) is 0.273. The summed E-state index contributed by atoms with van der Waals surface area (Å²) in [5, 5.41) is 13.1. The number of aryl methyl sites for hydroxylation is 1. The standard InChI is InChI=1S/C11H11N3O3S3/c1-6-13-14-11(20-6)19-5-8(15)12-7-3-4-18-9(7)10(16)17-2/h3-4H,5H2,1-2H3,(H,12,15). The number of nitrogens with zero attached hydrogens (tertiary/aromatic N) is 2. The van der Waals surface area contributed by atoms with E-state index in [1.807, 2.05) is 6.92 Å². The van der Waals surface area contributed by atoms with Crippen LogP contribution in [0.15, 0.2) is 15.8 Å². The van der Waals surface area contributed by atoms with Gasteiger partial charge in [0.2, 0.25) is 5.91 Å². The molecule has 2 heterocycles. The Bertz CT molecular complexity index is 623. The normalized spacial score (nSPS) is 10.3. The van der Waals surface area contributed by atoms with Gasteiger partial charge in [-0.1, -0.05) is 23.1 Å². The summed E-state index contributed by atoms with van der Waals surface area (Å²) in [6.45, 7) is 1.86. The average Bonchev–Trinajstić information content (AvgIpc) is 3.04. The molecule has 0 saturated heterocycles. The Kier molecular flexibility index (Phi) is 5.10. The van der Waals surface area contributed by atoms with Crippen molar-refractivity contribution in [3.8, 4) is 0 Å². The third kappa shape index (κ3) is 3.78. The first-order valence-electron chi connectivity index (χ1n) is 5.48. The molecule has 0 radical (unpaired) electrons. The monoisotopic (exact) mass is 329 g/mol. The summed E-state index contributed by atoms with van der Waals surface area (Å²) in [4.78, 5) is 23.7. The molecule has 0 aliphatic heterocycles. The van der Waals surface area contributed by atoms with Gasteiger partial charge in [0.15, 0.2) is 4.34 Å². The van der Waals surface area contributed by atoms with E-state index in [9.17, 15) is 9.59 Å². The Morgan fingerprint density at radius 3 is 2.90 bits per heavy atom. The molecule has 0 bridgehead atoms. The van der Waals surface area contributed by atoms with Gasteiger partial charge in [-0.2, -0.15) is 0 Å². The molecule has 2 aromatic rings. The van der Waals surface area contributed by atoms with Gasteiger partial charge in [0.05, 0.1) is 18.6 Å². The molecule has 2 rings (SSSR count). The fourth-order valence-corrected chi connectivity index (χ4v) is 3.69. The molecule has 6 nitrogen and oxygen atoms in total. The quantitative estimate of drug-likeness (QED) is 0.670. The lowest BCUT2D eigenvalue weighted by Gasteiger charge is -2.04. The number of thiophene rings is 1. The molecular weight excluding hydrogens is 318 g/mol. The summed E-state index contributed by atoms with van der Waals surface area (Å²) in [5.41, 5.74) is 0.473. The number of aromatic nitrogens is 2. The van der Waals surface area contributed by atoms with Crippen molar-refractivity contribution in [3.63, 3.8) is 0 Å². The van der Waals surface area contributed by atoms with Gasteiger partial charge in [-0.25, -0.2) is 4.79 Å². The van der Waals surface area contributed by atoms with Crippen LogP contribution in [0.2, 0.25) is 0 Å². The Hall–Kier alpha value is -1.45. The molecule has 2 aromatic heterocycles. The molecule has 0 saturated carbocycles. The second-order valence-corrected chi connectivity index (χ2v) is 6.90. The van der Waals surface area contributed by atoms with Crippen LogP contribution in [0, 0.1) is 6.92 Å². The summed E-state index contributed by atoms with van der Waals surface area (Å²) < 4.78 is 5.39. The molecule has 106 valence electrons. The molecule has 0 fully saturated rings. The molecule has 0 aliphatic rings. The van der Waals surface area contributed by atoms with Crippen LogP contribution in [0.4, 0.5) is 5.69 Å². The summed E-state index contributed by atoms with van der Waals surface area (Å²) in [6, 6.07) is 1.68. The van der Waals surface area contributed by atoms with Crippen molar-refractivity contribution in [2.24, 2.45) is 0 Å². The smallest absolute Gasteiger partial charge is 0.350 e. The van der Waals surface area contributed by atoms with E-state index in [-0.39, 0.29) is 11.7 Å². The van der Waals surface area contributed by atoms with E-state index >= 15 is 0 Å². The summed E-state index contributed by atoms with van der Waals surface area (Å²) in [6.07, 6.45) is 0. The zero-order valence-electron chi connectivity index (χ0n) is 10.7. The lowest BCUT2D eigenvalue weighted by atomic mass is 10.4. The highest BCUT2D eigenvalue weighted by molar-refractivity contribution is 8.01. The van der Waals surface area contributed by atoms with E-state index in [2.05, 4.69) is 20.3 Å². The van der Waals surface area contributed by atoms with E-state index in [1.165, 1.54) is 41.5 Å². The van der Waals surface area contributed by atoms with Crippen LogP contribution in [0.3, 0.4) is 0 Å². The van der Waals surface area contributed by atoms with Crippen molar-refractivity contribution >= 4 is 52.0 Å². The fourth-order valence-electron chi connectivity index (χ4n) is 1.31. The first kappa shape index (κ1) is 14.9. The highest BCUT2D eigenvalue weighted by Crippen LogP contribution is 2.25. The van der Waals surface area contributed by atoms with Crippen molar-refractivity contribution in [2.75, 3.05) is 18.2 Å². The first-order valence-corrected chi connectivity index (χ1v) is 8.17. The second kappa shape index (κ2) is 6.82. The van der Waals surface area contributed by atoms with Gasteiger partial charge in [0.25, 0.3) is 0 Å². The predicted octanol–water partition coefficient (Wildman–Crippen LogP) is 2.43. The minimum absolute atomic E-state index is 0.202. The van der Waals surface area contributed by atoms with Crippen LogP contribution < -0.4 is 5.32 Å². The van der Waals surface area contributed by atoms with Gasteiger partial charge in [-0.05, 0) is 18.4 Å². The number of esters is 1. The number of ether oxygens (including phenoxy) is 1. The third-order valence-electron chi connectivity index (χ3n) is 2.14.